The Morgan fingerprint density at radius 2 is 1.60 bits per heavy atom. The van der Waals surface area contributed by atoms with Gasteiger partial charge in [-0.25, -0.2) is 8.78 Å². The van der Waals surface area contributed by atoms with Crippen LogP contribution in [0.15, 0.2) is 47.0 Å². The summed E-state index contributed by atoms with van der Waals surface area (Å²) in [5, 5.41) is 19.0. The van der Waals surface area contributed by atoms with Gasteiger partial charge in [0.05, 0.1) is 4.92 Å². The summed E-state index contributed by atoms with van der Waals surface area (Å²) in [4.78, 5) is 37.9. The van der Waals surface area contributed by atoms with Crippen LogP contribution in [-0.4, -0.2) is 40.0 Å². The number of halogens is 2. The van der Waals surface area contributed by atoms with Crippen LogP contribution in [0.4, 0.5) is 14.5 Å². The largest absolute Gasteiger partial charge is 0.350 e. The second kappa shape index (κ2) is 8.86. The fourth-order valence-electron chi connectivity index (χ4n) is 2.40. The molecule has 0 fully saturated rings. The highest BCUT2D eigenvalue weighted by Crippen LogP contribution is 2.19. The summed E-state index contributed by atoms with van der Waals surface area (Å²) in [6.45, 7) is -0.183. The molecular weight excluding hydrogens is 404 g/mol. The highest BCUT2D eigenvalue weighted by atomic mass is 19.1. The zero-order valence-electron chi connectivity index (χ0n) is 15.1. The summed E-state index contributed by atoms with van der Waals surface area (Å²) in [5.74, 6) is -4.00. The van der Waals surface area contributed by atoms with Gasteiger partial charge in [0, 0.05) is 30.8 Å². The van der Waals surface area contributed by atoms with Gasteiger partial charge in [0.15, 0.2) is 0 Å². The number of hydrogen-bond acceptors (Lipinski definition) is 7. The molecule has 0 aliphatic carbocycles. The van der Waals surface area contributed by atoms with Crippen molar-refractivity contribution in [2.75, 3.05) is 13.1 Å². The summed E-state index contributed by atoms with van der Waals surface area (Å²) in [5.41, 5.74) is -0.423. The maximum absolute atomic E-state index is 13.5. The summed E-state index contributed by atoms with van der Waals surface area (Å²) >= 11 is 0. The summed E-state index contributed by atoms with van der Waals surface area (Å²) in [6.07, 6.45) is 0. The van der Waals surface area contributed by atoms with Crippen molar-refractivity contribution in [3.8, 4) is 11.4 Å². The third-order valence-corrected chi connectivity index (χ3v) is 3.84. The van der Waals surface area contributed by atoms with E-state index in [1.165, 1.54) is 24.3 Å². The smallest absolute Gasteiger partial charge is 0.316 e. The SMILES string of the molecule is O=C(NCCNC(=O)c1c(F)cccc1F)c1nc(-c2ccc([N+](=O)[O-])cc2)no1. The molecule has 0 saturated carbocycles. The molecule has 0 unspecified atom stereocenters. The second-order valence-corrected chi connectivity index (χ2v) is 5.84. The van der Waals surface area contributed by atoms with Crippen LogP contribution in [-0.2, 0) is 0 Å². The number of nitrogens with zero attached hydrogens (tertiary/aromatic N) is 3. The van der Waals surface area contributed by atoms with E-state index < -0.39 is 33.9 Å². The molecule has 0 saturated heterocycles. The topological polar surface area (TPSA) is 140 Å². The van der Waals surface area contributed by atoms with Crippen molar-refractivity contribution in [2.45, 2.75) is 0 Å². The molecule has 12 heteroatoms. The van der Waals surface area contributed by atoms with E-state index in [9.17, 15) is 28.5 Å². The molecule has 2 aromatic carbocycles. The van der Waals surface area contributed by atoms with Crippen molar-refractivity contribution in [1.29, 1.82) is 0 Å². The molecule has 0 atom stereocenters. The summed E-state index contributed by atoms with van der Waals surface area (Å²) in [7, 11) is 0. The van der Waals surface area contributed by atoms with E-state index in [2.05, 4.69) is 20.8 Å². The number of nitrogens with one attached hydrogen (secondary N) is 2. The van der Waals surface area contributed by atoms with Gasteiger partial charge >= 0.3 is 11.8 Å². The van der Waals surface area contributed by atoms with Crippen LogP contribution in [0.25, 0.3) is 11.4 Å². The molecule has 0 aliphatic rings. The van der Waals surface area contributed by atoms with Crippen LogP contribution in [0.3, 0.4) is 0 Å². The lowest BCUT2D eigenvalue weighted by atomic mass is 10.2. The van der Waals surface area contributed by atoms with E-state index in [0.717, 1.165) is 18.2 Å². The molecule has 3 aromatic rings. The Morgan fingerprint density at radius 1 is 1.00 bits per heavy atom. The molecule has 0 radical (unpaired) electrons. The van der Waals surface area contributed by atoms with Crippen LogP contribution in [0, 0.1) is 21.7 Å². The van der Waals surface area contributed by atoms with Crippen LogP contribution >= 0.6 is 0 Å². The van der Waals surface area contributed by atoms with Gasteiger partial charge in [-0.1, -0.05) is 11.2 Å². The number of carbonyl (C=O) groups is 2. The first-order valence-electron chi connectivity index (χ1n) is 8.45. The molecular formula is C18H13F2N5O5. The third-order valence-electron chi connectivity index (χ3n) is 3.84. The molecule has 30 heavy (non-hydrogen) atoms. The molecule has 3 rings (SSSR count). The van der Waals surface area contributed by atoms with Gasteiger partial charge in [-0.2, -0.15) is 4.98 Å². The van der Waals surface area contributed by atoms with E-state index >= 15 is 0 Å². The lowest BCUT2D eigenvalue weighted by molar-refractivity contribution is -0.384. The van der Waals surface area contributed by atoms with Crippen molar-refractivity contribution in [2.24, 2.45) is 0 Å². The minimum atomic E-state index is -0.999. The van der Waals surface area contributed by atoms with Gasteiger partial charge in [0.2, 0.25) is 5.82 Å². The van der Waals surface area contributed by atoms with Gasteiger partial charge in [-0.3, -0.25) is 19.7 Å². The molecule has 0 aliphatic heterocycles. The van der Waals surface area contributed by atoms with Crippen LogP contribution < -0.4 is 10.6 Å². The van der Waals surface area contributed by atoms with Crippen molar-refractivity contribution < 1.29 is 27.8 Å². The average Bonchev–Trinajstić information content (AvgIpc) is 3.21. The molecule has 2 amide bonds. The Bertz CT molecular complexity index is 1080. The lowest BCUT2D eigenvalue weighted by Gasteiger charge is -2.07. The molecule has 0 bridgehead atoms. The number of amides is 2. The second-order valence-electron chi connectivity index (χ2n) is 5.84. The monoisotopic (exact) mass is 417 g/mol. The number of rotatable bonds is 7. The molecule has 10 nitrogen and oxygen atoms in total. The Hall–Kier alpha value is -4.22. The van der Waals surface area contributed by atoms with Crippen molar-refractivity contribution >= 4 is 17.5 Å². The molecule has 1 heterocycles. The maximum Gasteiger partial charge on any atom is 0.316 e. The van der Waals surface area contributed by atoms with Crippen molar-refractivity contribution in [1.82, 2.24) is 20.8 Å². The van der Waals surface area contributed by atoms with Crippen molar-refractivity contribution in [3.05, 3.63) is 75.7 Å². The van der Waals surface area contributed by atoms with Gasteiger partial charge in [-0.05, 0) is 24.3 Å². The number of aromatic nitrogens is 2. The molecule has 1 aromatic heterocycles. The highest BCUT2D eigenvalue weighted by molar-refractivity contribution is 5.94. The van der Waals surface area contributed by atoms with E-state index in [1.807, 2.05) is 0 Å². The number of benzene rings is 2. The van der Waals surface area contributed by atoms with Gasteiger partial charge in [0.1, 0.15) is 17.2 Å². The van der Waals surface area contributed by atoms with Gasteiger partial charge < -0.3 is 15.2 Å². The lowest BCUT2D eigenvalue weighted by Crippen LogP contribution is -2.35. The first kappa shape index (κ1) is 20.5. The van der Waals surface area contributed by atoms with Crippen LogP contribution in [0.5, 0.6) is 0 Å². The first-order valence-corrected chi connectivity index (χ1v) is 8.45. The Kier molecular flexibility index (Phi) is 6.05. The Morgan fingerprint density at radius 3 is 2.20 bits per heavy atom. The van der Waals surface area contributed by atoms with Crippen molar-refractivity contribution in [3.63, 3.8) is 0 Å². The Balaban J connectivity index is 1.52. The van der Waals surface area contributed by atoms with E-state index in [4.69, 9.17) is 4.52 Å². The van der Waals surface area contributed by atoms with E-state index in [0.29, 0.717) is 5.56 Å². The fraction of sp³-hybridized carbons (Fsp3) is 0.111. The summed E-state index contributed by atoms with van der Waals surface area (Å²) < 4.78 is 31.9. The van der Waals surface area contributed by atoms with Crippen LogP contribution in [0.2, 0.25) is 0 Å². The normalized spacial score (nSPS) is 10.5. The molecule has 2 N–H and O–H groups in total. The highest BCUT2D eigenvalue weighted by Gasteiger charge is 2.18. The molecule has 0 spiro atoms. The van der Waals surface area contributed by atoms with Gasteiger partial charge in [0.25, 0.3) is 11.6 Å². The minimum Gasteiger partial charge on any atom is -0.350 e. The minimum absolute atomic E-state index is 0.0541. The predicted molar refractivity (Wildman–Crippen MR) is 97.4 cm³/mol. The average molecular weight is 417 g/mol. The zero-order chi connectivity index (χ0) is 21.7. The quantitative estimate of drug-likeness (QED) is 0.341. The number of carbonyl (C=O) groups excluding carboxylic acids is 2. The standard InChI is InChI=1S/C18H13F2N5O5/c19-12-2-1-3-13(20)14(12)16(26)21-8-9-22-17(27)18-23-15(24-30-18)10-4-6-11(7-5-10)25(28)29/h1-7H,8-9H2,(H,21,26)(H,22,27). The third kappa shape index (κ3) is 4.60. The Labute approximate surface area is 167 Å². The zero-order valence-corrected chi connectivity index (χ0v) is 15.1. The number of hydrogen-bond donors (Lipinski definition) is 2. The number of nitro groups is 1. The van der Waals surface area contributed by atoms with Gasteiger partial charge in [-0.15, -0.1) is 0 Å². The predicted octanol–water partition coefficient (Wildman–Crippen LogP) is 2.08. The van der Waals surface area contributed by atoms with E-state index in [1.54, 1.807) is 0 Å². The van der Waals surface area contributed by atoms with E-state index in [-0.39, 0.29) is 30.5 Å². The summed E-state index contributed by atoms with van der Waals surface area (Å²) in [6, 6.07) is 8.37. The molecule has 154 valence electrons. The fourth-order valence-corrected chi connectivity index (χ4v) is 2.40. The first-order chi connectivity index (χ1) is 14.4. The maximum atomic E-state index is 13.5. The number of non-ortho nitro benzene ring substituents is 1. The number of nitro benzene ring substituents is 1. The van der Waals surface area contributed by atoms with Crippen LogP contribution in [0.1, 0.15) is 21.0 Å².